The van der Waals surface area contributed by atoms with Crippen LogP contribution in [0.2, 0.25) is 0 Å². The molecule has 0 bridgehead atoms. The molecule has 0 aliphatic heterocycles. The Bertz CT molecular complexity index is 204. The molecule has 0 aromatic rings. The van der Waals surface area contributed by atoms with E-state index in [1.807, 2.05) is 27.0 Å². The first-order valence-corrected chi connectivity index (χ1v) is 6.99. The molecule has 90 valence electrons. The number of thioether (sulfide) groups is 1. The Kier molecular flexibility index (Phi) is 6.52. The summed E-state index contributed by atoms with van der Waals surface area (Å²) in [7, 11) is 0. The van der Waals surface area contributed by atoms with Gasteiger partial charge in [0, 0.05) is 17.3 Å². The molecule has 0 heterocycles. The van der Waals surface area contributed by atoms with Crippen LogP contribution in [0, 0.1) is 0 Å². The zero-order valence-corrected chi connectivity index (χ0v) is 11.6. The Morgan fingerprint density at radius 1 is 1.53 bits per heavy atom. The van der Waals surface area contributed by atoms with Crippen molar-refractivity contribution in [2.45, 2.75) is 38.8 Å². The fourth-order valence-electron chi connectivity index (χ4n) is 1.55. The molecule has 15 heavy (non-hydrogen) atoms. The molecule has 0 aromatic heterocycles. The van der Waals surface area contributed by atoms with Crippen LogP contribution in [0.25, 0.3) is 0 Å². The van der Waals surface area contributed by atoms with Gasteiger partial charge in [-0.3, -0.25) is 4.90 Å². The Labute approximate surface area is 102 Å². The van der Waals surface area contributed by atoms with Crippen molar-refractivity contribution in [1.29, 1.82) is 0 Å². The lowest BCUT2D eigenvalue weighted by Crippen LogP contribution is -2.52. The van der Waals surface area contributed by atoms with Crippen molar-refractivity contribution in [3.8, 4) is 0 Å². The average Bonchev–Trinajstić information content (AvgIpc) is 2.08. The first kappa shape index (κ1) is 15.0. The second-order valence-corrected chi connectivity index (χ2v) is 5.79. The molecule has 1 amide bonds. The number of hydrogen-bond acceptors (Lipinski definition) is 3. The van der Waals surface area contributed by atoms with Crippen molar-refractivity contribution >= 4 is 30.5 Å². The number of amides is 1. The fraction of sp³-hybridized carbons (Fsp3) is 0.900. The van der Waals surface area contributed by atoms with Gasteiger partial charge in [0.15, 0.2) is 0 Å². The molecule has 1 unspecified atom stereocenters. The van der Waals surface area contributed by atoms with E-state index in [1.165, 1.54) is 4.90 Å². The number of carboxylic acid groups (broad SMARTS) is 1. The highest BCUT2D eigenvalue weighted by atomic mass is 32.2. The predicted octanol–water partition coefficient (Wildman–Crippen LogP) is 2.82. The molecular formula is C10H21NO2S2. The summed E-state index contributed by atoms with van der Waals surface area (Å²) in [6.07, 6.45) is 2.02. The highest BCUT2D eigenvalue weighted by Gasteiger charge is 2.31. The van der Waals surface area contributed by atoms with Crippen molar-refractivity contribution < 1.29 is 9.90 Å². The number of hydrogen-bond donors (Lipinski definition) is 2. The summed E-state index contributed by atoms with van der Waals surface area (Å²) in [5.41, 5.74) is -0.363. The van der Waals surface area contributed by atoms with Gasteiger partial charge in [-0.2, -0.15) is 24.4 Å². The Morgan fingerprint density at radius 2 is 2.07 bits per heavy atom. The van der Waals surface area contributed by atoms with Gasteiger partial charge in [0.05, 0.1) is 0 Å². The number of nitrogens with zero attached hydrogens (tertiary/aromatic N) is 1. The van der Waals surface area contributed by atoms with Crippen LogP contribution in [-0.4, -0.2) is 45.4 Å². The van der Waals surface area contributed by atoms with Crippen molar-refractivity contribution in [1.82, 2.24) is 4.90 Å². The van der Waals surface area contributed by atoms with Gasteiger partial charge >= 0.3 is 6.09 Å². The second-order valence-electron chi connectivity index (χ2n) is 4.44. The number of rotatable bonds is 5. The molecule has 0 saturated heterocycles. The van der Waals surface area contributed by atoms with E-state index >= 15 is 0 Å². The summed E-state index contributed by atoms with van der Waals surface area (Å²) in [6.45, 7) is 5.74. The third-order valence-corrected chi connectivity index (χ3v) is 3.23. The summed E-state index contributed by atoms with van der Waals surface area (Å²) in [5, 5.41) is 9.19. The van der Waals surface area contributed by atoms with Crippen molar-refractivity contribution in [2.75, 3.05) is 17.8 Å². The van der Waals surface area contributed by atoms with Gasteiger partial charge in [0.25, 0.3) is 0 Å². The third-order valence-electron chi connectivity index (χ3n) is 2.16. The molecule has 0 saturated carbocycles. The van der Waals surface area contributed by atoms with Gasteiger partial charge in [-0.1, -0.05) is 0 Å². The molecule has 0 fully saturated rings. The lowest BCUT2D eigenvalue weighted by atomic mass is 10.0. The Hall–Kier alpha value is -0.0300. The standard InChI is InChI=1S/C10H21NO2S2/c1-10(2,3)11(9(12)13)8(7-14)5-6-15-4/h8,14H,5-7H2,1-4H3,(H,12,13). The zero-order chi connectivity index (χ0) is 12.1. The molecule has 0 spiro atoms. The number of carbonyl (C=O) groups is 1. The zero-order valence-electron chi connectivity index (χ0n) is 9.86. The van der Waals surface area contributed by atoms with E-state index in [0.29, 0.717) is 5.75 Å². The molecule has 0 aliphatic rings. The predicted molar refractivity (Wildman–Crippen MR) is 70.3 cm³/mol. The van der Waals surface area contributed by atoms with Crippen LogP contribution in [0.5, 0.6) is 0 Å². The van der Waals surface area contributed by atoms with Crippen LogP contribution in [-0.2, 0) is 0 Å². The SMILES string of the molecule is CSCCC(CS)N(C(=O)O)C(C)(C)C. The molecule has 1 atom stereocenters. The van der Waals surface area contributed by atoms with E-state index in [1.54, 1.807) is 11.8 Å². The van der Waals surface area contributed by atoms with Crippen LogP contribution in [0.1, 0.15) is 27.2 Å². The minimum Gasteiger partial charge on any atom is -0.465 e. The normalized spacial score (nSPS) is 13.7. The highest BCUT2D eigenvalue weighted by molar-refractivity contribution is 7.98. The molecule has 0 rings (SSSR count). The maximum absolute atomic E-state index is 11.2. The van der Waals surface area contributed by atoms with E-state index in [9.17, 15) is 9.90 Å². The van der Waals surface area contributed by atoms with Crippen LogP contribution < -0.4 is 0 Å². The first-order valence-electron chi connectivity index (χ1n) is 4.96. The molecule has 3 nitrogen and oxygen atoms in total. The molecular weight excluding hydrogens is 230 g/mol. The van der Waals surface area contributed by atoms with E-state index in [4.69, 9.17) is 0 Å². The van der Waals surface area contributed by atoms with Crippen LogP contribution in [0.3, 0.4) is 0 Å². The van der Waals surface area contributed by atoms with Gasteiger partial charge in [-0.15, -0.1) is 0 Å². The maximum Gasteiger partial charge on any atom is 0.408 e. The maximum atomic E-state index is 11.2. The van der Waals surface area contributed by atoms with E-state index < -0.39 is 6.09 Å². The van der Waals surface area contributed by atoms with Crippen LogP contribution in [0.15, 0.2) is 0 Å². The van der Waals surface area contributed by atoms with Crippen LogP contribution in [0.4, 0.5) is 4.79 Å². The van der Waals surface area contributed by atoms with Crippen LogP contribution >= 0.6 is 24.4 Å². The highest BCUT2D eigenvalue weighted by Crippen LogP contribution is 2.21. The van der Waals surface area contributed by atoms with Crippen molar-refractivity contribution in [3.05, 3.63) is 0 Å². The molecule has 0 aliphatic carbocycles. The molecule has 1 N–H and O–H groups in total. The minimum absolute atomic E-state index is 0.00159. The van der Waals surface area contributed by atoms with Gasteiger partial charge in [0.1, 0.15) is 0 Å². The Morgan fingerprint density at radius 3 is 2.33 bits per heavy atom. The Balaban J connectivity index is 4.64. The summed E-state index contributed by atoms with van der Waals surface area (Å²) < 4.78 is 0. The average molecular weight is 251 g/mol. The quantitative estimate of drug-likeness (QED) is 0.738. The third kappa shape index (κ3) is 5.02. The first-order chi connectivity index (χ1) is 6.84. The van der Waals surface area contributed by atoms with Gasteiger partial charge < -0.3 is 5.11 Å². The smallest absolute Gasteiger partial charge is 0.408 e. The summed E-state index contributed by atoms with van der Waals surface area (Å²) in [5.74, 6) is 1.54. The monoisotopic (exact) mass is 251 g/mol. The van der Waals surface area contributed by atoms with E-state index in [2.05, 4.69) is 12.6 Å². The molecule has 0 aromatic carbocycles. The van der Waals surface area contributed by atoms with E-state index in [0.717, 1.165) is 12.2 Å². The summed E-state index contributed by atoms with van der Waals surface area (Å²) in [4.78, 5) is 12.7. The van der Waals surface area contributed by atoms with Gasteiger partial charge in [0.2, 0.25) is 0 Å². The second kappa shape index (κ2) is 6.53. The summed E-state index contributed by atoms with van der Waals surface area (Å²) >= 11 is 5.97. The largest absolute Gasteiger partial charge is 0.465 e. The van der Waals surface area contributed by atoms with E-state index in [-0.39, 0.29) is 11.6 Å². The van der Waals surface area contributed by atoms with Crippen molar-refractivity contribution in [2.24, 2.45) is 0 Å². The van der Waals surface area contributed by atoms with Gasteiger partial charge in [-0.25, -0.2) is 4.79 Å². The summed E-state index contributed by atoms with van der Waals surface area (Å²) in [6, 6.07) is -0.00159. The number of thiol groups is 1. The minimum atomic E-state index is -0.859. The fourth-order valence-corrected chi connectivity index (χ4v) is 2.40. The van der Waals surface area contributed by atoms with Gasteiger partial charge in [-0.05, 0) is 39.2 Å². The lowest BCUT2D eigenvalue weighted by molar-refractivity contribution is 0.0761. The lowest BCUT2D eigenvalue weighted by Gasteiger charge is -2.39. The van der Waals surface area contributed by atoms with Crippen molar-refractivity contribution in [3.63, 3.8) is 0 Å². The molecule has 0 radical (unpaired) electrons. The topological polar surface area (TPSA) is 40.5 Å². The molecule has 5 heteroatoms.